The summed E-state index contributed by atoms with van der Waals surface area (Å²) in [6, 6.07) is 0. The number of ether oxygens (including phenoxy) is 1. The summed E-state index contributed by atoms with van der Waals surface area (Å²) >= 11 is 0. The van der Waals surface area contributed by atoms with E-state index >= 15 is 0 Å². The Hall–Kier alpha value is -0.830. The lowest BCUT2D eigenvalue weighted by Crippen LogP contribution is -2.57. The zero-order chi connectivity index (χ0) is 12.2. The first kappa shape index (κ1) is 11.3. The summed E-state index contributed by atoms with van der Waals surface area (Å²) in [6.07, 6.45) is 4.08. The van der Waals surface area contributed by atoms with Gasteiger partial charge in [-0.15, -0.1) is 0 Å². The van der Waals surface area contributed by atoms with Crippen molar-refractivity contribution in [1.29, 1.82) is 0 Å². The second kappa shape index (κ2) is 3.84. The molecule has 1 N–H and O–H groups in total. The molecule has 3 nitrogen and oxygen atoms in total. The van der Waals surface area contributed by atoms with Crippen LogP contribution < -0.4 is 0 Å². The zero-order valence-corrected chi connectivity index (χ0v) is 10.3. The van der Waals surface area contributed by atoms with Crippen LogP contribution >= 0.6 is 0 Å². The lowest BCUT2D eigenvalue weighted by Gasteiger charge is -2.55. The monoisotopic (exact) mass is 236 g/mol. The largest absolute Gasteiger partial charge is 0.458 e. The molecule has 4 aliphatic carbocycles. The maximum atomic E-state index is 11.6. The Kier molecular flexibility index (Phi) is 2.54. The molecule has 0 aromatic rings. The topological polar surface area (TPSA) is 46.5 Å². The fraction of sp³-hybridized carbons (Fsp3) is 0.786. The third-order valence-electron chi connectivity index (χ3n) is 4.88. The van der Waals surface area contributed by atoms with Crippen LogP contribution in [0, 0.1) is 23.7 Å². The van der Waals surface area contributed by atoms with E-state index in [9.17, 15) is 9.90 Å². The smallest absolute Gasteiger partial charge is 0.333 e. The van der Waals surface area contributed by atoms with Gasteiger partial charge < -0.3 is 9.84 Å². The quantitative estimate of drug-likeness (QED) is 0.588. The average Bonchev–Trinajstić information content (AvgIpc) is 2.28. The molecule has 6 atom stereocenters. The summed E-state index contributed by atoms with van der Waals surface area (Å²) in [4.78, 5) is 11.6. The molecule has 0 aromatic carbocycles. The first-order valence-corrected chi connectivity index (χ1v) is 6.61. The summed E-state index contributed by atoms with van der Waals surface area (Å²) in [5, 5.41) is 10.2. The molecule has 4 fully saturated rings. The minimum Gasteiger partial charge on any atom is -0.458 e. The molecular weight excluding hydrogens is 216 g/mol. The lowest BCUT2D eigenvalue weighted by molar-refractivity contribution is -0.189. The van der Waals surface area contributed by atoms with Crippen LogP contribution in [0.25, 0.3) is 0 Å². The Morgan fingerprint density at radius 1 is 1.24 bits per heavy atom. The van der Waals surface area contributed by atoms with Gasteiger partial charge in [-0.3, -0.25) is 0 Å². The van der Waals surface area contributed by atoms with E-state index in [0.717, 1.165) is 18.8 Å². The SMILES string of the molecule is C=C(C)C(=O)OC1C2CC3CC(C2)C(O)C1C3. The average molecular weight is 236 g/mol. The van der Waals surface area contributed by atoms with E-state index in [1.807, 2.05) is 0 Å². The molecular formula is C14H20O3. The first-order chi connectivity index (χ1) is 8.06. The van der Waals surface area contributed by atoms with Crippen LogP contribution in [0.15, 0.2) is 12.2 Å². The highest BCUT2D eigenvalue weighted by atomic mass is 16.5. The van der Waals surface area contributed by atoms with Crippen LogP contribution in [0.2, 0.25) is 0 Å². The van der Waals surface area contributed by atoms with Gasteiger partial charge in [-0.05, 0) is 50.4 Å². The van der Waals surface area contributed by atoms with Gasteiger partial charge in [0.25, 0.3) is 0 Å². The van der Waals surface area contributed by atoms with Gasteiger partial charge in [0.05, 0.1) is 6.10 Å². The minimum absolute atomic E-state index is 0.0676. The molecule has 17 heavy (non-hydrogen) atoms. The Labute approximate surface area is 102 Å². The number of aliphatic hydroxyl groups is 1. The summed E-state index contributed by atoms with van der Waals surface area (Å²) in [6.45, 7) is 5.30. The molecule has 0 amide bonds. The maximum absolute atomic E-state index is 11.6. The van der Waals surface area contributed by atoms with E-state index in [2.05, 4.69) is 6.58 Å². The number of hydrogen-bond acceptors (Lipinski definition) is 3. The van der Waals surface area contributed by atoms with Crippen molar-refractivity contribution in [2.24, 2.45) is 23.7 Å². The number of rotatable bonds is 2. The number of carbonyl (C=O) groups excluding carboxylic acids is 1. The van der Waals surface area contributed by atoms with E-state index < -0.39 is 0 Å². The van der Waals surface area contributed by atoms with E-state index in [1.165, 1.54) is 12.8 Å². The molecule has 0 spiro atoms. The second-order valence-electron chi connectivity index (χ2n) is 6.13. The Bertz CT molecular complexity index is 362. The van der Waals surface area contributed by atoms with Crippen molar-refractivity contribution in [3.63, 3.8) is 0 Å². The number of carbonyl (C=O) groups is 1. The van der Waals surface area contributed by atoms with E-state index in [4.69, 9.17) is 4.74 Å². The molecule has 4 rings (SSSR count). The highest BCUT2D eigenvalue weighted by Crippen LogP contribution is 2.54. The maximum Gasteiger partial charge on any atom is 0.333 e. The fourth-order valence-corrected chi connectivity index (χ4v) is 4.23. The van der Waals surface area contributed by atoms with Gasteiger partial charge in [-0.25, -0.2) is 4.79 Å². The molecule has 0 aromatic heterocycles. The molecule has 3 heteroatoms. The van der Waals surface area contributed by atoms with Crippen molar-refractivity contribution in [3.8, 4) is 0 Å². The van der Waals surface area contributed by atoms with Crippen molar-refractivity contribution in [2.45, 2.75) is 44.8 Å². The molecule has 0 radical (unpaired) electrons. The Morgan fingerprint density at radius 2 is 1.94 bits per heavy atom. The van der Waals surface area contributed by atoms with Crippen LogP contribution in [0.5, 0.6) is 0 Å². The van der Waals surface area contributed by atoms with Crippen molar-refractivity contribution in [1.82, 2.24) is 0 Å². The van der Waals surface area contributed by atoms with Crippen molar-refractivity contribution < 1.29 is 14.6 Å². The van der Waals surface area contributed by atoms with Crippen LogP contribution in [0.4, 0.5) is 0 Å². The Balaban J connectivity index is 1.77. The minimum atomic E-state index is -0.297. The van der Waals surface area contributed by atoms with E-state index in [0.29, 0.717) is 17.4 Å². The van der Waals surface area contributed by atoms with Crippen molar-refractivity contribution in [3.05, 3.63) is 12.2 Å². The van der Waals surface area contributed by atoms with Gasteiger partial charge in [0.1, 0.15) is 6.10 Å². The third-order valence-corrected chi connectivity index (χ3v) is 4.88. The molecule has 6 unspecified atom stereocenters. The van der Waals surface area contributed by atoms with Crippen LogP contribution in [-0.4, -0.2) is 23.3 Å². The standard InChI is InChI=1S/C14H20O3/c1-7(2)14(16)17-13-10-4-8-3-9(6-10)12(15)11(13)5-8/h8-13,15H,1,3-6H2,2H3. The van der Waals surface area contributed by atoms with Crippen molar-refractivity contribution in [2.75, 3.05) is 0 Å². The summed E-state index contributed by atoms with van der Waals surface area (Å²) in [7, 11) is 0. The second-order valence-corrected chi connectivity index (χ2v) is 6.13. The number of esters is 1. The van der Waals surface area contributed by atoms with Gasteiger partial charge in [0.15, 0.2) is 0 Å². The third kappa shape index (κ3) is 1.71. The van der Waals surface area contributed by atoms with Gasteiger partial charge in [0, 0.05) is 11.5 Å². The molecule has 4 saturated carbocycles. The summed E-state index contributed by atoms with van der Waals surface area (Å²) < 4.78 is 5.56. The molecule has 0 heterocycles. The molecule has 94 valence electrons. The van der Waals surface area contributed by atoms with Gasteiger partial charge in [-0.2, -0.15) is 0 Å². The molecule has 4 bridgehead atoms. The molecule has 0 saturated heterocycles. The number of hydrogen-bond donors (Lipinski definition) is 1. The van der Waals surface area contributed by atoms with Gasteiger partial charge >= 0.3 is 5.97 Å². The predicted molar refractivity (Wildman–Crippen MR) is 63.1 cm³/mol. The fourth-order valence-electron chi connectivity index (χ4n) is 4.23. The van der Waals surface area contributed by atoms with Crippen molar-refractivity contribution >= 4 is 5.97 Å². The molecule has 4 aliphatic rings. The van der Waals surface area contributed by atoms with E-state index in [1.54, 1.807) is 6.92 Å². The zero-order valence-electron chi connectivity index (χ0n) is 10.3. The van der Waals surface area contributed by atoms with Gasteiger partial charge in [-0.1, -0.05) is 6.58 Å². The normalized spacial score (nSPS) is 46.9. The summed E-state index contributed by atoms with van der Waals surface area (Å²) in [5.41, 5.74) is 0.452. The van der Waals surface area contributed by atoms with E-state index in [-0.39, 0.29) is 24.1 Å². The highest BCUT2D eigenvalue weighted by molar-refractivity contribution is 5.87. The van der Waals surface area contributed by atoms with Crippen LogP contribution in [0.3, 0.4) is 0 Å². The number of aliphatic hydroxyl groups excluding tert-OH is 1. The lowest BCUT2D eigenvalue weighted by atomic mass is 9.53. The van der Waals surface area contributed by atoms with Crippen LogP contribution in [-0.2, 0) is 9.53 Å². The molecule has 0 aliphatic heterocycles. The summed E-state index contributed by atoms with van der Waals surface area (Å²) in [5.74, 6) is 1.57. The Morgan fingerprint density at radius 3 is 2.65 bits per heavy atom. The van der Waals surface area contributed by atoms with Gasteiger partial charge in [0.2, 0.25) is 0 Å². The first-order valence-electron chi connectivity index (χ1n) is 6.61. The predicted octanol–water partition coefficient (Wildman–Crippen LogP) is 1.90. The van der Waals surface area contributed by atoms with Crippen LogP contribution in [0.1, 0.15) is 32.6 Å². The highest BCUT2D eigenvalue weighted by Gasteiger charge is 2.54.